The number of methoxy groups -OCH3 is 1. The van der Waals surface area contributed by atoms with Crippen LogP contribution in [0, 0.1) is 0 Å². The van der Waals surface area contributed by atoms with Gasteiger partial charge in [-0.05, 0) is 18.6 Å². The maximum Gasteiger partial charge on any atom is 0.313 e. The predicted octanol–water partition coefficient (Wildman–Crippen LogP) is 2.60. The average molecular weight is 313 g/mol. The molecule has 1 rings (SSSR count). The van der Waals surface area contributed by atoms with Gasteiger partial charge in [-0.3, -0.25) is 9.59 Å². The van der Waals surface area contributed by atoms with Crippen molar-refractivity contribution in [2.45, 2.75) is 32.2 Å². The summed E-state index contributed by atoms with van der Waals surface area (Å²) >= 11 is 5.93. The van der Waals surface area contributed by atoms with Crippen LogP contribution in [0.2, 0.25) is 5.02 Å². The van der Waals surface area contributed by atoms with Gasteiger partial charge in [0.15, 0.2) is 0 Å². The van der Waals surface area contributed by atoms with Crippen molar-refractivity contribution in [3.8, 4) is 0 Å². The molecular formula is C15H21ClN2O3. The Morgan fingerprint density at radius 2 is 2.00 bits per heavy atom. The number of carbonyl (C=O) groups is 2. The van der Waals surface area contributed by atoms with Gasteiger partial charge in [0.1, 0.15) is 0 Å². The number of benzene rings is 1. The van der Waals surface area contributed by atoms with Crippen molar-refractivity contribution < 1.29 is 14.3 Å². The molecule has 0 aliphatic carbocycles. The first-order valence-electron chi connectivity index (χ1n) is 6.93. The second kappa shape index (κ2) is 9.37. The monoisotopic (exact) mass is 312 g/mol. The lowest BCUT2D eigenvalue weighted by Crippen LogP contribution is -2.43. The van der Waals surface area contributed by atoms with E-state index >= 15 is 0 Å². The lowest BCUT2D eigenvalue weighted by atomic mass is 10.1. The molecule has 1 aromatic rings. The first-order valence-corrected chi connectivity index (χ1v) is 7.31. The summed E-state index contributed by atoms with van der Waals surface area (Å²) in [5.41, 5.74) is 0.413. The number of nitrogens with one attached hydrogen (secondary N) is 2. The van der Waals surface area contributed by atoms with Crippen molar-refractivity contribution in [3.05, 3.63) is 29.3 Å². The number of unbranched alkanes of at least 4 members (excludes halogenated alkanes) is 1. The van der Waals surface area contributed by atoms with Gasteiger partial charge in [0.2, 0.25) is 0 Å². The zero-order valence-electron chi connectivity index (χ0n) is 12.3. The Hall–Kier alpha value is -1.59. The van der Waals surface area contributed by atoms with Crippen molar-refractivity contribution >= 4 is 29.1 Å². The minimum absolute atomic E-state index is 0.167. The highest BCUT2D eigenvalue weighted by Crippen LogP contribution is 2.20. The predicted molar refractivity (Wildman–Crippen MR) is 83.4 cm³/mol. The van der Waals surface area contributed by atoms with E-state index in [0.29, 0.717) is 17.3 Å². The van der Waals surface area contributed by atoms with Crippen LogP contribution in [-0.2, 0) is 14.3 Å². The summed E-state index contributed by atoms with van der Waals surface area (Å²) in [5, 5.41) is 5.55. The summed E-state index contributed by atoms with van der Waals surface area (Å²) < 4.78 is 5.05. The molecule has 0 radical (unpaired) electrons. The maximum atomic E-state index is 11.9. The number of ether oxygens (including phenoxy) is 1. The van der Waals surface area contributed by atoms with Crippen LogP contribution in [0.25, 0.3) is 0 Å². The molecule has 0 aromatic heterocycles. The van der Waals surface area contributed by atoms with E-state index in [1.54, 1.807) is 31.4 Å². The number of halogens is 1. The van der Waals surface area contributed by atoms with Gasteiger partial charge in [-0.2, -0.15) is 0 Å². The number of anilines is 1. The summed E-state index contributed by atoms with van der Waals surface area (Å²) in [7, 11) is 1.56. The third-order valence-corrected chi connectivity index (χ3v) is 3.27. The lowest BCUT2D eigenvalue weighted by molar-refractivity contribution is -0.136. The molecule has 1 aromatic carbocycles. The SMILES string of the molecule is CCCC[C@@H](COC)NC(=O)C(=O)Nc1ccccc1Cl. The highest BCUT2D eigenvalue weighted by atomic mass is 35.5. The van der Waals surface area contributed by atoms with Gasteiger partial charge in [0.05, 0.1) is 23.4 Å². The molecule has 5 nitrogen and oxygen atoms in total. The lowest BCUT2D eigenvalue weighted by Gasteiger charge is -2.17. The molecule has 0 bridgehead atoms. The molecule has 0 heterocycles. The molecule has 0 aliphatic rings. The van der Waals surface area contributed by atoms with Gasteiger partial charge >= 0.3 is 11.8 Å². The van der Waals surface area contributed by atoms with E-state index in [4.69, 9.17) is 16.3 Å². The molecule has 116 valence electrons. The number of carbonyl (C=O) groups excluding carboxylic acids is 2. The molecule has 0 fully saturated rings. The molecule has 6 heteroatoms. The smallest absolute Gasteiger partial charge is 0.313 e. The topological polar surface area (TPSA) is 67.4 Å². The Kier molecular flexibility index (Phi) is 7.79. The Labute approximate surface area is 130 Å². The zero-order chi connectivity index (χ0) is 15.7. The number of amides is 2. The van der Waals surface area contributed by atoms with E-state index < -0.39 is 11.8 Å². The average Bonchev–Trinajstić information content (AvgIpc) is 2.47. The highest BCUT2D eigenvalue weighted by molar-refractivity contribution is 6.41. The van der Waals surface area contributed by atoms with Gasteiger partial charge in [-0.1, -0.05) is 43.5 Å². The van der Waals surface area contributed by atoms with Crippen LogP contribution in [0.3, 0.4) is 0 Å². The molecular weight excluding hydrogens is 292 g/mol. The normalized spacial score (nSPS) is 11.8. The second-order valence-corrected chi connectivity index (χ2v) is 5.11. The number of para-hydroxylation sites is 1. The summed E-state index contributed by atoms with van der Waals surface area (Å²) in [4.78, 5) is 23.7. The van der Waals surface area contributed by atoms with Crippen molar-refractivity contribution in [2.75, 3.05) is 19.0 Å². The van der Waals surface area contributed by atoms with Crippen LogP contribution in [0.15, 0.2) is 24.3 Å². The van der Waals surface area contributed by atoms with Gasteiger partial charge in [-0.25, -0.2) is 0 Å². The standard InChI is InChI=1S/C15H21ClN2O3/c1-3-4-7-11(10-21-2)17-14(19)15(20)18-13-9-6-5-8-12(13)16/h5-6,8-9,11H,3-4,7,10H2,1-2H3,(H,17,19)(H,18,20)/t11-/m0/s1. The molecule has 2 N–H and O–H groups in total. The Balaban J connectivity index is 2.56. The second-order valence-electron chi connectivity index (χ2n) is 4.70. The molecule has 1 atom stereocenters. The van der Waals surface area contributed by atoms with Gasteiger partial charge in [0, 0.05) is 7.11 Å². The van der Waals surface area contributed by atoms with Crippen molar-refractivity contribution in [3.63, 3.8) is 0 Å². The number of hydrogen-bond donors (Lipinski definition) is 2. The summed E-state index contributed by atoms with van der Waals surface area (Å²) in [6, 6.07) is 6.59. The fourth-order valence-corrected chi connectivity index (χ4v) is 2.02. The zero-order valence-corrected chi connectivity index (χ0v) is 13.1. The Morgan fingerprint density at radius 1 is 1.29 bits per heavy atom. The molecule has 0 saturated carbocycles. The molecule has 2 amide bonds. The van der Waals surface area contributed by atoms with Crippen LogP contribution >= 0.6 is 11.6 Å². The number of hydrogen-bond acceptors (Lipinski definition) is 3. The largest absolute Gasteiger partial charge is 0.383 e. The van der Waals surface area contributed by atoms with E-state index in [0.717, 1.165) is 19.3 Å². The summed E-state index contributed by atoms with van der Waals surface area (Å²) in [6.45, 7) is 2.45. The molecule has 0 aliphatic heterocycles. The van der Waals surface area contributed by atoms with Gasteiger partial charge < -0.3 is 15.4 Å². The van der Waals surface area contributed by atoms with Crippen LogP contribution < -0.4 is 10.6 Å². The summed E-state index contributed by atoms with van der Waals surface area (Å²) in [6.07, 6.45) is 2.75. The fourth-order valence-electron chi connectivity index (χ4n) is 1.84. The van der Waals surface area contributed by atoms with Crippen LogP contribution in [0.1, 0.15) is 26.2 Å². The van der Waals surface area contributed by atoms with Crippen LogP contribution in [-0.4, -0.2) is 31.6 Å². The van der Waals surface area contributed by atoms with Crippen LogP contribution in [0.4, 0.5) is 5.69 Å². The van der Waals surface area contributed by atoms with Crippen LogP contribution in [0.5, 0.6) is 0 Å². The van der Waals surface area contributed by atoms with Crippen molar-refractivity contribution in [1.29, 1.82) is 0 Å². The van der Waals surface area contributed by atoms with Gasteiger partial charge in [0.25, 0.3) is 0 Å². The minimum Gasteiger partial charge on any atom is -0.383 e. The first-order chi connectivity index (χ1) is 10.1. The maximum absolute atomic E-state index is 11.9. The van der Waals surface area contributed by atoms with Gasteiger partial charge in [-0.15, -0.1) is 0 Å². The molecule has 21 heavy (non-hydrogen) atoms. The third kappa shape index (κ3) is 6.14. The molecule has 0 spiro atoms. The van der Waals surface area contributed by atoms with E-state index in [9.17, 15) is 9.59 Å². The fraction of sp³-hybridized carbons (Fsp3) is 0.467. The molecule has 0 saturated heterocycles. The van der Waals surface area contributed by atoms with E-state index in [1.807, 2.05) is 0 Å². The van der Waals surface area contributed by atoms with E-state index in [2.05, 4.69) is 17.6 Å². The van der Waals surface area contributed by atoms with Crippen molar-refractivity contribution in [1.82, 2.24) is 5.32 Å². The quantitative estimate of drug-likeness (QED) is 0.760. The number of rotatable bonds is 7. The van der Waals surface area contributed by atoms with Crippen molar-refractivity contribution in [2.24, 2.45) is 0 Å². The van der Waals surface area contributed by atoms with E-state index in [1.165, 1.54) is 0 Å². The first kappa shape index (κ1) is 17.5. The highest BCUT2D eigenvalue weighted by Gasteiger charge is 2.19. The Bertz CT molecular complexity index is 480. The molecule has 0 unspecified atom stereocenters. The third-order valence-electron chi connectivity index (χ3n) is 2.94. The Morgan fingerprint density at radius 3 is 2.62 bits per heavy atom. The minimum atomic E-state index is -0.735. The summed E-state index contributed by atoms with van der Waals surface area (Å²) in [5.74, 6) is -1.42. The van der Waals surface area contributed by atoms with E-state index in [-0.39, 0.29) is 6.04 Å².